The highest BCUT2D eigenvalue weighted by atomic mass is 19.1. The second kappa shape index (κ2) is 8.55. The highest BCUT2D eigenvalue weighted by Gasteiger charge is 2.35. The number of rotatable bonds is 7. The zero-order valence-corrected chi connectivity index (χ0v) is 19.2. The van der Waals surface area contributed by atoms with Gasteiger partial charge in [-0.15, -0.1) is 0 Å². The molecule has 34 heavy (non-hydrogen) atoms. The standard InChI is InChI=1S/C26H25FN4O3/c1-30(2)12-16(34-3)13-31-14-20(18-9-8-15(27)10-22(18)31)24-23(25(32)29-26(24)33)19-11-28-21-7-5-4-6-17(19)21/h4-11,14,16,28H,12-13H2,1-3H3,(H,29,32,33). The van der Waals surface area contributed by atoms with Crippen molar-refractivity contribution in [3.63, 3.8) is 0 Å². The Morgan fingerprint density at radius 3 is 2.50 bits per heavy atom. The monoisotopic (exact) mass is 460 g/mol. The number of likely N-dealkylation sites (N-methyl/N-ethyl adjacent to an activating group) is 1. The number of carbonyl (C=O) groups excluding carboxylic acids is 2. The van der Waals surface area contributed by atoms with E-state index in [0.717, 1.165) is 10.9 Å². The number of aromatic nitrogens is 2. The van der Waals surface area contributed by atoms with E-state index >= 15 is 0 Å². The highest BCUT2D eigenvalue weighted by molar-refractivity contribution is 6.50. The van der Waals surface area contributed by atoms with Crippen LogP contribution in [0.2, 0.25) is 0 Å². The van der Waals surface area contributed by atoms with Gasteiger partial charge < -0.3 is 19.2 Å². The van der Waals surface area contributed by atoms with Gasteiger partial charge in [0.1, 0.15) is 5.82 Å². The van der Waals surface area contributed by atoms with Gasteiger partial charge in [-0.25, -0.2) is 4.39 Å². The Labute approximate surface area is 195 Å². The van der Waals surface area contributed by atoms with E-state index in [-0.39, 0.29) is 17.5 Å². The van der Waals surface area contributed by atoms with E-state index in [0.29, 0.717) is 40.7 Å². The summed E-state index contributed by atoms with van der Waals surface area (Å²) < 4.78 is 21.8. The molecule has 0 saturated heterocycles. The van der Waals surface area contributed by atoms with Crippen molar-refractivity contribution in [2.24, 2.45) is 0 Å². The van der Waals surface area contributed by atoms with Crippen LogP contribution in [-0.2, 0) is 20.9 Å². The average Bonchev–Trinajstić information content (AvgIpc) is 3.45. The van der Waals surface area contributed by atoms with Crippen LogP contribution < -0.4 is 5.32 Å². The molecule has 2 aromatic heterocycles. The fraction of sp³-hybridized carbons (Fsp3) is 0.231. The molecule has 174 valence electrons. The van der Waals surface area contributed by atoms with E-state index in [1.807, 2.05) is 54.0 Å². The van der Waals surface area contributed by atoms with Crippen molar-refractivity contribution in [1.82, 2.24) is 19.8 Å². The Morgan fingerprint density at radius 2 is 1.76 bits per heavy atom. The van der Waals surface area contributed by atoms with Crippen LogP contribution in [0.1, 0.15) is 11.1 Å². The van der Waals surface area contributed by atoms with Crippen molar-refractivity contribution in [1.29, 1.82) is 0 Å². The number of fused-ring (bicyclic) bond motifs is 2. The predicted octanol–water partition coefficient (Wildman–Crippen LogP) is 3.41. The van der Waals surface area contributed by atoms with Crippen LogP contribution in [0, 0.1) is 5.82 Å². The number of para-hydroxylation sites is 1. The van der Waals surface area contributed by atoms with Gasteiger partial charge in [0.2, 0.25) is 0 Å². The first-order valence-corrected chi connectivity index (χ1v) is 11.0. The van der Waals surface area contributed by atoms with Gasteiger partial charge in [0, 0.05) is 53.5 Å². The van der Waals surface area contributed by atoms with E-state index in [1.165, 1.54) is 12.1 Å². The molecule has 8 heteroatoms. The number of methoxy groups -OCH3 is 1. The van der Waals surface area contributed by atoms with Gasteiger partial charge >= 0.3 is 0 Å². The summed E-state index contributed by atoms with van der Waals surface area (Å²) in [6.07, 6.45) is 3.41. The van der Waals surface area contributed by atoms with Crippen LogP contribution in [-0.4, -0.2) is 60.1 Å². The molecule has 7 nitrogen and oxygen atoms in total. The minimum atomic E-state index is -0.467. The van der Waals surface area contributed by atoms with Crippen LogP contribution in [0.4, 0.5) is 4.39 Å². The molecule has 3 heterocycles. The van der Waals surface area contributed by atoms with Gasteiger partial charge in [0.15, 0.2) is 0 Å². The lowest BCUT2D eigenvalue weighted by Gasteiger charge is -2.20. The van der Waals surface area contributed by atoms with E-state index in [2.05, 4.69) is 10.3 Å². The van der Waals surface area contributed by atoms with Crippen LogP contribution >= 0.6 is 0 Å². The summed E-state index contributed by atoms with van der Waals surface area (Å²) in [7, 11) is 5.55. The van der Waals surface area contributed by atoms with Gasteiger partial charge in [0.25, 0.3) is 11.8 Å². The number of carbonyl (C=O) groups is 2. The van der Waals surface area contributed by atoms with Crippen molar-refractivity contribution in [3.05, 3.63) is 71.8 Å². The number of H-pyrrole nitrogens is 1. The van der Waals surface area contributed by atoms with E-state index in [1.54, 1.807) is 19.4 Å². The SMILES string of the molecule is COC(CN(C)C)Cn1cc(C2=C(c3c[nH]c4ccccc34)C(=O)NC2=O)c2ccc(F)cc21. The molecule has 0 radical (unpaired) electrons. The molecule has 1 aliphatic heterocycles. The summed E-state index contributed by atoms with van der Waals surface area (Å²) in [6.45, 7) is 1.13. The normalized spacial score (nSPS) is 15.2. The number of amides is 2. The fourth-order valence-electron chi connectivity index (χ4n) is 4.70. The summed E-state index contributed by atoms with van der Waals surface area (Å²) in [5.74, 6) is -1.29. The van der Waals surface area contributed by atoms with Crippen molar-refractivity contribution in [2.45, 2.75) is 12.6 Å². The van der Waals surface area contributed by atoms with Gasteiger partial charge in [-0.2, -0.15) is 0 Å². The molecule has 1 atom stereocenters. The molecule has 0 bridgehead atoms. The highest BCUT2D eigenvalue weighted by Crippen LogP contribution is 2.38. The maximum atomic E-state index is 14.2. The van der Waals surface area contributed by atoms with E-state index in [9.17, 15) is 14.0 Å². The molecule has 0 fully saturated rings. The Kier molecular flexibility index (Phi) is 5.55. The van der Waals surface area contributed by atoms with Crippen LogP contribution in [0.25, 0.3) is 33.0 Å². The first-order chi connectivity index (χ1) is 16.4. The number of hydrogen-bond donors (Lipinski definition) is 2. The number of halogens is 1. The van der Waals surface area contributed by atoms with Crippen LogP contribution in [0.3, 0.4) is 0 Å². The first kappa shape index (κ1) is 22.1. The topological polar surface area (TPSA) is 79.4 Å². The zero-order valence-electron chi connectivity index (χ0n) is 19.2. The molecule has 0 spiro atoms. The number of imide groups is 1. The number of nitrogens with one attached hydrogen (secondary N) is 2. The maximum absolute atomic E-state index is 14.2. The molecule has 1 unspecified atom stereocenters. The third kappa shape index (κ3) is 3.70. The largest absolute Gasteiger partial charge is 0.378 e. The zero-order chi connectivity index (χ0) is 24.0. The minimum Gasteiger partial charge on any atom is -0.378 e. The Morgan fingerprint density at radius 1 is 1.03 bits per heavy atom. The van der Waals surface area contributed by atoms with E-state index in [4.69, 9.17) is 4.74 Å². The lowest BCUT2D eigenvalue weighted by molar-refractivity contribution is -0.122. The molecular weight excluding hydrogens is 435 g/mol. The molecule has 2 N–H and O–H groups in total. The number of ether oxygens (including phenoxy) is 1. The molecule has 5 rings (SSSR count). The second-order valence-corrected chi connectivity index (χ2v) is 8.76. The third-order valence-corrected chi connectivity index (χ3v) is 6.21. The lowest BCUT2D eigenvalue weighted by Crippen LogP contribution is -2.31. The van der Waals surface area contributed by atoms with Crippen molar-refractivity contribution in [3.8, 4) is 0 Å². The summed E-state index contributed by atoms with van der Waals surface area (Å²) in [5, 5.41) is 3.99. The molecule has 0 saturated carbocycles. The Hall–Kier alpha value is -3.75. The predicted molar refractivity (Wildman–Crippen MR) is 130 cm³/mol. The number of hydrogen-bond acceptors (Lipinski definition) is 4. The minimum absolute atomic E-state index is 0.150. The number of nitrogens with zero attached hydrogens (tertiary/aromatic N) is 2. The third-order valence-electron chi connectivity index (χ3n) is 6.21. The smallest absolute Gasteiger partial charge is 0.259 e. The average molecular weight is 461 g/mol. The summed E-state index contributed by atoms with van der Waals surface area (Å²) in [5.41, 5.74) is 3.33. The summed E-state index contributed by atoms with van der Waals surface area (Å²) >= 11 is 0. The van der Waals surface area contributed by atoms with Crippen molar-refractivity contribution >= 4 is 44.8 Å². The van der Waals surface area contributed by atoms with Crippen molar-refractivity contribution < 1.29 is 18.7 Å². The van der Waals surface area contributed by atoms with Crippen LogP contribution in [0.5, 0.6) is 0 Å². The van der Waals surface area contributed by atoms with Gasteiger partial charge in [-0.3, -0.25) is 14.9 Å². The number of benzene rings is 2. The summed E-state index contributed by atoms with van der Waals surface area (Å²) in [6, 6.07) is 12.1. The van der Waals surface area contributed by atoms with Gasteiger partial charge in [0.05, 0.1) is 29.3 Å². The lowest BCUT2D eigenvalue weighted by atomic mass is 9.95. The first-order valence-electron chi connectivity index (χ1n) is 11.0. The molecule has 2 aromatic carbocycles. The Bertz CT molecular complexity index is 1460. The molecular formula is C26H25FN4O3. The maximum Gasteiger partial charge on any atom is 0.259 e. The molecule has 2 amide bonds. The van der Waals surface area contributed by atoms with Gasteiger partial charge in [-0.05, 0) is 38.4 Å². The fourth-order valence-corrected chi connectivity index (χ4v) is 4.70. The molecule has 1 aliphatic rings. The van der Waals surface area contributed by atoms with Gasteiger partial charge in [-0.1, -0.05) is 18.2 Å². The summed E-state index contributed by atoms with van der Waals surface area (Å²) in [4.78, 5) is 31.2. The number of aromatic amines is 1. The van der Waals surface area contributed by atoms with Crippen LogP contribution in [0.15, 0.2) is 54.9 Å². The molecule has 4 aromatic rings. The Balaban J connectivity index is 1.72. The van der Waals surface area contributed by atoms with E-state index < -0.39 is 11.8 Å². The van der Waals surface area contributed by atoms with Crippen molar-refractivity contribution in [2.75, 3.05) is 27.7 Å². The second-order valence-electron chi connectivity index (χ2n) is 8.76. The molecule has 0 aliphatic carbocycles. The quantitative estimate of drug-likeness (QED) is 0.415.